The second-order valence-electron chi connectivity index (χ2n) is 1.13. The highest BCUT2D eigenvalue weighted by Gasteiger charge is 1.97. The van der Waals surface area contributed by atoms with Crippen LogP contribution in [0.4, 0.5) is 4.32 Å². The topological polar surface area (TPSA) is 92.5 Å². The van der Waals surface area contributed by atoms with Crippen LogP contribution >= 0.6 is 0 Å². The van der Waals surface area contributed by atoms with Crippen LogP contribution in [-0.4, -0.2) is 30.5 Å². The fraction of sp³-hybridized carbons (Fsp3) is 1.00. The van der Waals surface area contributed by atoms with Gasteiger partial charge in [0.25, 0.3) is 0 Å². The summed E-state index contributed by atoms with van der Waals surface area (Å²) in [7, 11) is -2.67. The first-order valence-corrected chi connectivity index (χ1v) is 2.97. The van der Waals surface area contributed by atoms with Gasteiger partial charge in [-0.1, -0.05) is 13.8 Å². The lowest BCUT2D eigenvalue weighted by atomic mass is 10.3. The summed E-state index contributed by atoms with van der Waals surface area (Å²) in [6.07, 6.45) is 0. The summed E-state index contributed by atoms with van der Waals surface area (Å²) in [5.74, 6) is 0. The van der Waals surface area contributed by atoms with Gasteiger partial charge in [-0.3, -0.25) is 4.32 Å². The molecule has 0 aromatic heterocycles. The Hall–Kier alpha value is -0.165. The van der Waals surface area contributed by atoms with E-state index in [9.17, 15) is 4.32 Å². The molecule has 10 heavy (non-hydrogen) atoms. The van der Waals surface area contributed by atoms with E-state index in [-0.39, 0.29) is 0 Å². The van der Waals surface area contributed by atoms with Gasteiger partial charge in [-0.2, -0.15) is 0 Å². The van der Waals surface area contributed by atoms with Crippen LogP contribution in [0.5, 0.6) is 0 Å². The minimum absolute atomic E-state index is 0.750. The summed E-state index contributed by atoms with van der Waals surface area (Å²) < 4.78 is 10.1. The van der Waals surface area contributed by atoms with Crippen LogP contribution in [0.25, 0.3) is 0 Å². The standard InChI is InChI=1S/2C2H7N.BFH2O2/c2*1-2-3;2-1(3)4/h2*2-3H2,1H3;3-4H. The van der Waals surface area contributed by atoms with Gasteiger partial charge in [0.1, 0.15) is 0 Å². The largest absolute Gasteiger partial charge is 0.674 e. The zero-order valence-electron chi connectivity index (χ0n) is 6.42. The lowest BCUT2D eigenvalue weighted by Gasteiger charge is -1.65. The van der Waals surface area contributed by atoms with E-state index < -0.39 is 7.40 Å². The quantitative estimate of drug-likeness (QED) is 0.331. The molecule has 4 nitrogen and oxygen atoms in total. The van der Waals surface area contributed by atoms with E-state index in [4.69, 9.17) is 21.5 Å². The van der Waals surface area contributed by atoms with E-state index in [0.29, 0.717) is 0 Å². The Morgan fingerprint density at radius 2 is 1.20 bits per heavy atom. The molecule has 0 aromatic carbocycles. The van der Waals surface area contributed by atoms with Crippen molar-refractivity contribution >= 4 is 7.40 Å². The minimum atomic E-state index is -2.67. The molecule has 0 saturated carbocycles. The third-order valence-corrected chi connectivity index (χ3v) is 0. The molecule has 0 unspecified atom stereocenters. The molecule has 0 radical (unpaired) electrons. The smallest absolute Gasteiger partial charge is 0.398 e. The lowest BCUT2D eigenvalue weighted by molar-refractivity contribution is 0.340. The molecule has 6 heteroatoms. The second-order valence-corrected chi connectivity index (χ2v) is 1.13. The highest BCUT2D eigenvalue weighted by atomic mass is 19.1. The number of hydrogen-bond donors (Lipinski definition) is 4. The molecule has 0 fully saturated rings. The van der Waals surface area contributed by atoms with E-state index >= 15 is 0 Å². The molecule has 0 aliphatic heterocycles. The molecule has 0 aromatic rings. The average Bonchev–Trinajstić information content (AvgIpc) is 1.65. The van der Waals surface area contributed by atoms with E-state index in [2.05, 4.69) is 0 Å². The van der Waals surface area contributed by atoms with Crippen molar-refractivity contribution in [1.82, 2.24) is 0 Å². The van der Waals surface area contributed by atoms with Crippen LogP contribution in [0.1, 0.15) is 13.8 Å². The minimum Gasteiger partial charge on any atom is -0.398 e. The third kappa shape index (κ3) is 13400. The van der Waals surface area contributed by atoms with Gasteiger partial charge in [-0.05, 0) is 13.1 Å². The Bertz CT molecular complexity index is 37.7. The molecule has 0 aliphatic carbocycles. The van der Waals surface area contributed by atoms with E-state index in [1.807, 2.05) is 13.8 Å². The summed E-state index contributed by atoms with van der Waals surface area (Å²) in [6, 6.07) is 0. The molecule has 0 heterocycles. The molecule has 0 atom stereocenters. The van der Waals surface area contributed by atoms with Crippen molar-refractivity contribution in [3.8, 4) is 0 Å². The number of rotatable bonds is 0. The van der Waals surface area contributed by atoms with Gasteiger partial charge in [0.2, 0.25) is 0 Å². The first kappa shape index (κ1) is 16.4. The van der Waals surface area contributed by atoms with Crippen LogP contribution < -0.4 is 11.5 Å². The number of halogens is 1. The molecule has 0 aliphatic rings. The van der Waals surface area contributed by atoms with Crippen LogP contribution in [-0.2, 0) is 0 Å². The maximum atomic E-state index is 10.1. The highest BCUT2D eigenvalue weighted by molar-refractivity contribution is 6.31. The normalized spacial score (nSPS) is 6.30. The van der Waals surface area contributed by atoms with Crippen LogP contribution in [0.2, 0.25) is 0 Å². The fourth-order valence-electron chi connectivity index (χ4n) is 0. The third-order valence-electron chi connectivity index (χ3n) is 0. The summed E-state index contributed by atoms with van der Waals surface area (Å²) in [5, 5.41) is 13.9. The van der Waals surface area contributed by atoms with Crippen LogP contribution in [0.15, 0.2) is 0 Å². The fourth-order valence-corrected chi connectivity index (χ4v) is 0. The summed E-state index contributed by atoms with van der Waals surface area (Å²) in [6.45, 7) is 5.31. The maximum Gasteiger partial charge on any atom is 0.674 e. The molecular weight excluding hydrogens is 138 g/mol. The Labute approximate surface area is 61.2 Å². The van der Waals surface area contributed by atoms with E-state index in [0.717, 1.165) is 13.1 Å². The SMILES string of the molecule is CCN.CCN.OB(O)F. The van der Waals surface area contributed by atoms with Crippen molar-refractivity contribution in [3.63, 3.8) is 0 Å². The zero-order chi connectivity index (χ0) is 8.99. The van der Waals surface area contributed by atoms with Gasteiger partial charge >= 0.3 is 7.40 Å². The summed E-state index contributed by atoms with van der Waals surface area (Å²) in [4.78, 5) is 0. The average molecular weight is 154 g/mol. The lowest BCUT2D eigenvalue weighted by Crippen LogP contribution is -1.98. The summed E-state index contributed by atoms with van der Waals surface area (Å²) >= 11 is 0. The van der Waals surface area contributed by atoms with Crippen molar-refractivity contribution < 1.29 is 14.4 Å². The molecule has 0 rings (SSSR count). The van der Waals surface area contributed by atoms with Crippen molar-refractivity contribution in [2.75, 3.05) is 13.1 Å². The van der Waals surface area contributed by atoms with Crippen molar-refractivity contribution in [2.45, 2.75) is 13.8 Å². The Kier molecular flexibility index (Phi) is 38.1. The molecule has 0 saturated heterocycles. The monoisotopic (exact) mass is 154 g/mol. The van der Waals surface area contributed by atoms with Crippen LogP contribution in [0, 0.1) is 0 Å². The predicted octanol–water partition coefficient (Wildman–Crippen LogP) is -1.14. The molecule has 0 bridgehead atoms. The number of nitrogens with two attached hydrogens (primary N) is 2. The van der Waals surface area contributed by atoms with Gasteiger partial charge in [0, 0.05) is 0 Å². The highest BCUT2D eigenvalue weighted by Crippen LogP contribution is 1.57. The van der Waals surface area contributed by atoms with Gasteiger partial charge in [-0.15, -0.1) is 0 Å². The van der Waals surface area contributed by atoms with Gasteiger partial charge in [0.05, 0.1) is 0 Å². The Balaban J connectivity index is -0.0000000750. The molecular formula is C4H16BFN2O2. The van der Waals surface area contributed by atoms with E-state index in [1.165, 1.54) is 0 Å². The van der Waals surface area contributed by atoms with E-state index in [1.54, 1.807) is 0 Å². The van der Waals surface area contributed by atoms with Crippen molar-refractivity contribution in [1.29, 1.82) is 0 Å². The molecule has 0 amide bonds. The summed E-state index contributed by atoms with van der Waals surface area (Å²) in [5.41, 5.74) is 9.69. The van der Waals surface area contributed by atoms with Crippen molar-refractivity contribution in [3.05, 3.63) is 0 Å². The van der Waals surface area contributed by atoms with Gasteiger partial charge in [-0.25, -0.2) is 0 Å². The van der Waals surface area contributed by atoms with Gasteiger partial charge < -0.3 is 21.5 Å². The second kappa shape index (κ2) is 23.2. The zero-order valence-corrected chi connectivity index (χ0v) is 6.42. The van der Waals surface area contributed by atoms with Gasteiger partial charge in [0.15, 0.2) is 0 Å². The molecule has 6 N–H and O–H groups in total. The Morgan fingerprint density at radius 3 is 1.20 bits per heavy atom. The molecule has 64 valence electrons. The number of hydrogen-bond acceptors (Lipinski definition) is 4. The Morgan fingerprint density at radius 1 is 1.20 bits per heavy atom. The van der Waals surface area contributed by atoms with Crippen molar-refractivity contribution in [2.24, 2.45) is 11.5 Å². The molecule has 0 spiro atoms. The maximum absolute atomic E-state index is 10.1. The first-order valence-electron chi connectivity index (χ1n) is 2.97. The predicted molar refractivity (Wildman–Crippen MR) is 40.8 cm³/mol. The van der Waals surface area contributed by atoms with Crippen LogP contribution in [0.3, 0.4) is 0 Å². The first-order chi connectivity index (χ1) is 4.56.